The smallest absolute Gasteiger partial charge is 0.340 e. The van der Waals surface area contributed by atoms with E-state index in [1.807, 2.05) is 6.92 Å². The van der Waals surface area contributed by atoms with E-state index in [1.165, 1.54) is 20.6 Å². The second-order valence-corrected chi connectivity index (χ2v) is 7.39. The van der Waals surface area contributed by atoms with Crippen molar-refractivity contribution >= 4 is 11.9 Å². The number of aromatic nitrogens is 1. The molecule has 0 atom stereocenters. The average Bonchev–Trinajstić information content (AvgIpc) is 2.78. The molecule has 2 aromatic rings. The van der Waals surface area contributed by atoms with Gasteiger partial charge in [0.15, 0.2) is 11.5 Å². The number of rotatable bonds is 11. The Morgan fingerprint density at radius 1 is 0.844 bits per heavy atom. The van der Waals surface area contributed by atoms with Crippen molar-refractivity contribution in [2.45, 2.75) is 53.4 Å². The summed E-state index contributed by atoms with van der Waals surface area (Å²) in [4.78, 5) is 29.7. The zero-order valence-electron chi connectivity index (χ0n) is 19.9. The lowest BCUT2D eigenvalue weighted by Crippen LogP contribution is -2.16. The zero-order chi connectivity index (χ0) is 23.7. The first-order valence-corrected chi connectivity index (χ1v) is 11.0. The van der Waals surface area contributed by atoms with Crippen molar-refractivity contribution in [1.82, 2.24) is 4.98 Å². The fourth-order valence-electron chi connectivity index (χ4n) is 3.60. The highest BCUT2D eigenvalue weighted by molar-refractivity contribution is 6.07. The maximum absolute atomic E-state index is 12.6. The number of ether oxygens (including phenoxy) is 4. The minimum Gasteiger partial charge on any atom is -0.490 e. The molecule has 0 aliphatic rings. The summed E-state index contributed by atoms with van der Waals surface area (Å²) in [7, 11) is 2.59. The van der Waals surface area contributed by atoms with Crippen molar-refractivity contribution in [3.05, 3.63) is 40.7 Å². The molecule has 7 heteroatoms. The lowest BCUT2D eigenvalue weighted by Gasteiger charge is -2.19. The van der Waals surface area contributed by atoms with Gasteiger partial charge in [0.1, 0.15) is 0 Å². The average molecular weight is 444 g/mol. The first kappa shape index (κ1) is 25.2. The lowest BCUT2D eigenvalue weighted by atomic mass is 9.92. The van der Waals surface area contributed by atoms with Crippen LogP contribution in [-0.4, -0.2) is 44.4 Å². The fourth-order valence-corrected chi connectivity index (χ4v) is 3.60. The Morgan fingerprint density at radius 3 is 2.00 bits per heavy atom. The third kappa shape index (κ3) is 5.78. The molecule has 32 heavy (non-hydrogen) atoms. The van der Waals surface area contributed by atoms with Crippen LogP contribution in [0.5, 0.6) is 11.5 Å². The Morgan fingerprint density at radius 2 is 1.47 bits per heavy atom. The summed E-state index contributed by atoms with van der Waals surface area (Å²) in [5, 5.41) is 0. The van der Waals surface area contributed by atoms with Crippen LogP contribution in [0.3, 0.4) is 0 Å². The van der Waals surface area contributed by atoms with Crippen LogP contribution in [0.1, 0.15) is 71.6 Å². The van der Waals surface area contributed by atoms with E-state index in [-0.39, 0.29) is 11.1 Å². The normalized spacial score (nSPS) is 10.6. The van der Waals surface area contributed by atoms with Crippen LogP contribution in [0, 0.1) is 13.8 Å². The number of pyridine rings is 1. The SMILES string of the molecule is CCCCCCOc1ccc(-c2c(C(=O)OC)c(C)nc(C)c2C(=O)OC)cc1OCC. The van der Waals surface area contributed by atoms with Gasteiger partial charge in [0.05, 0.1) is 49.9 Å². The molecule has 1 aromatic carbocycles. The summed E-state index contributed by atoms with van der Waals surface area (Å²) < 4.78 is 21.7. The highest BCUT2D eigenvalue weighted by Gasteiger charge is 2.28. The molecule has 7 nitrogen and oxygen atoms in total. The minimum absolute atomic E-state index is 0.217. The van der Waals surface area contributed by atoms with E-state index in [4.69, 9.17) is 18.9 Å². The number of aryl methyl sites for hydroxylation is 2. The number of methoxy groups -OCH3 is 2. The van der Waals surface area contributed by atoms with E-state index in [0.29, 0.717) is 47.2 Å². The molecule has 2 rings (SSSR count). The van der Waals surface area contributed by atoms with E-state index in [2.05, 4.69) is 11.9 Å². The predicted molar refractivity (Wildman–Crippen MR) is 123 cm³/mol. The number of esters is 2. The molecule has 0 saturated heterocycles. The summed E-state index contributed by atoms with van der Waals surface area (Å²) in [6, 6.07) is 5.38. The van der Waals surface area contributed by atoms with E-state index < -0.39 is 11.9 Å². The van der Waals surface area contributed by atoms with Crippen molar-refractivity contribution in [3.8, 4) is 22.6 Å². The fraction of sp³-hybridized carbons (Fsp3) is 0.480. The second kappa shape index (κ2) is 12.1. The predicted octanol–water partition coefficient (Wildman–Crippen LogP) is 5.30. The Bertz CT molecular complexity index is 914. The maximum atomic E-state index is 12.6. The molecule has 0 bridgehead atoms. The molecule has 0 aliphatic carbocycles. The van der Waals surface area contributed by atoms with Crippen LogP contribution in [0.4, 0.5) is 0 Å². The van der Waals surface area contributed by atoms with Gasteiger partial charge in [-0.05, 0) is 44.9 Å². The largest absolute Gasteiger partial charge is 0.490 e. The number of benzene rings is 1. The molecule has 0 saturated carbocycles. The lowest BCUT2D eigenvalue weighted by molar-refractivity contribution is 0.0599. The number of hydrogen-bond donors (Lipinski definition) is 0. The van der Waals surface area contributed by atoms with Crippen LogP contribution in [0.25, 0.3) is 11.1 Å². The first-order chi connectivity index (χ1) is 15.4. The van der Waals surface area contributed by atoms with Gasteiger partial charge in [-0.15, -0.1) is 0 Å². The zero-order valence-corrected chi connectivity index (χ0v) is 19.9. The topological polar surface area (TPSA) is 84.0 Å². The van der Waals surface area contributed by atoms with Gasteiger partial charge in [-0.3, -0.25) is 4.98 Å². The highest BCUT2D eigenvalue weighted by Crippen LogP contribution is 2.38. The van der Waals surface area contributed by atoms with Crippen molar-refractivity contribution in [2.75, 3.05) is 27.4 Å². The number of nitrogens with zero attached hydrogens (tertiary/aromatic N) is 1. The van der Waals surface area contributed by atoms with Gasteiger partial charge in [-0.2, -0.15) is 0 Å². The van der Waals surface area contributed by atoms with Crippen molar-refractivity contribution in [1.29, 1.82) is 0 Å². The summed E-state index contributed by atoms with van der Waals surface area (Å²) in [5.41, 5.74) is 2.38. The third-order valence-corrected chi connectivity index (χ3v) is 5.13. The quantitative estimate of drug-likeness (QED) is 0.344. The van der Waals surface area contributed by atoms with E-state index >= 15 is 0 Å². The Balaban J connectivity index is 2.61. The summed E-state index contributed by atoms with van der Waals surface area (Å²) in [5.74, 6) is 0.00167. The monoisotopic (exact) mass is 443 g/mol. The molecule has 1 aromatic heterocycles. The molecule has 0 aliphatic heterocycles. The molecule has 0 radical (unpaired) electrons. The minimum atomic E-state index is -0.579. The summed E-state index contributed by atoms with van der Waals surface area (Å²) >= 11 is 0. The summed E-state index contributed by atoms with van der Waals surface area (Å²) in [6.45, 7) is 8.51. The third-order valence-electron chi connectivity index (χ3n) is 5.13. The van der Waals surface area contributed by atoms with E-state index in [0.717, 1.165) is 19.3 Å². The Kier molecular flexibility index (Phi) is 9.50. The highest BCUT2D eigenvalue weighted by atomic mass is 16.5. The van der Waals surface area contributed by atoms with Crippen LogP contribution in [0.2, 0.25) is 0 Å². The van der Waals surface area contributed by atoms with Crippen molar-refractivity contribution in [2.24, 2.45) is 0 Å². The Labute approximate surface area is 190 Å². The molecule has 0 fully saturated rings. The van der Waals surface area contributed by atoms with Gasteiger partial charge < -0.3 is 18.9 Å². The van der Waals surface area contributed by atoms with E-state index in [1.54, 1.807) is 32.0 Å². The molecular weight excluding hydrogens is 410 g/mol. The molecule has 174 valence electrons. The molecule has 0 unspecified atom stereocenters. The van der Waals surface area contributed by atoms with Gasteiger partial charge in [0, 0.05) is 5.56 Å². The maximum Gasteiger partial charge on any atom is 0.340 e. The standard InChI is InChI=1S/C25H33NO6/c1-7-9-10-11-14-32-19-13-12-18(15-20(19)31-8-2)23-21(24(27)29-5)16(3)26-17(4)22(23)25(28)30-6/h12-13,15H,7-11,14H2,1-6H3. The molecular formula is C25H33NO6. The van der Waals surface area contributed by atoms with Gasteiger partial charge in [0.2, 0.25) is 0 Å². The second-order valence-electron chi connectivity index (χ2n) is 7.39. The molecule has 0 amide bonds. The van der Waals surface area contributed by atoms with Crippen molar-refractivity contribution < 1.29 is 28.5 Å². The van der Waals surface area contributed by atoms with Gasteiger partial charge in [-0.1, -0.05) is 32.3 Å². The van der Waals surface area contributed by atoms with Gasteiger partial charge in [-0.25, -0.2) is 9.59 Å². The number of carbonyl (C=O) groups is 2. The van der Waals surface area contributed by atoms with Crippen LogP contribution < -0.4 is 9.47 Å². The summed E-state index contributed by atoms with van der Waals surface area (Å²) in [6.07, 6.45) is 4.41. The molecule has 1 heterocycles. The van der Waals surface area contributed by atoms with Crippen LogP contribution >= 0.6 is 0 Å². The van der Waals surface area contributed by atoms with Crippen LogP contribution in [-0.2, 0) is 9.47 Å². The first-order valence-electron chi connectivity index (χ1n) is 11.0. The molecule has 0 spiro atoms. The number of unbranched alkanes of at least 4 members (excludes halogenated alkanes) is 3. The van der Waals surface area contributed by atoms with Gasteiger partial charge in [0.25, 0.3) is 0 Å². The number of hydrogen-bond acceptors (Lipinski definition) is 7. The molecule has 0 N–H and O–H groups in total. The van der Waals surface area contributed by atoms with Crippen LogP contribution in [0.15, 0.2) is 18.2 Å². The Hall–Kier alpha value is -3.09. The van der Waals surface area contributed by atoms with Crippen molar-refractivity contribution in [3.63, 3.8) is 0 Å². The number of carbonyl (C=O) groups excluding carboxylic acids is 2. The van der Waals surface area contributed by atoms with Gasteiger partial charge >= 0.3 is 11.9 Å². The van der Waals surface area contributed by atoms with E-state index in [9.17, 15) is 9.59 Å².